The number of Topliss-reactive ketones (excluding diaryl/α,β-unsaturated/α-hetero) is 1. The number of aromatic nitrogens is 4. The summed E-state index contributed by atoms with van der Waals surface area (Å²) in [6.07, 6.45) is 3.28. The van der Waals surface area contributed by atoms with E-state index < -0.39 is 5.54 Å². The Bertz CT molecular complexity index is 1380. The first kappa shape index (κ1) is 20.2. The van der Waals surface area contributed by atoms with Crippen molar-refractivity contribution in [2.24, 2.45) is 0 Å². The van der Waals surface area contributed by atoms with Crippen LogP contribution in [0.5, 0.6) is 0 Å². The van der Waals surface area contributed by atoms with Crippen LogP contribution in [-0.4, -0.2) is 30.8 Å². The van der Waals surface area contributed by atoms with Gasteiger partial charge in [0.2, 0.25) is 0 Å². The monoisotopic (exact) mass is 425 g/mol. The van der Waals surface area contributed by atoms with Crippen LogP contribution in [0.25, 0.3) is 22.2 Å². The van der Waals surface area contributed by atoms with E-state index in [-0.39, 0.29) is 23.7 Å². The van der Waals surface area contributed by atoms with Crippen molar-refractivity contribution in [3.63, 3.8) is 0 Å². The summed E-state index contributed by atoms with van der Waals surface area (Å²) in [5.74, 6) is 0.333. The average Bonchev–Trinajstić information content (AvgIpc) is 2.81. The van der Waals surface area contributed by atoms with Crippen LogP contribution in [-0.2, 0) is 6.67 Å². The fraction of sp³-hybridized carbons (Fsp3) is 0.240. The van der Waals surface area contributed by atoms with Gasteiger partial charge in [-0.05, 0) is 36.8 Å². The highest BCUT2D eigenvalue weighted by atomic mass is 16.1. The quantitative estimate of drug-likeness (QED) is 0.503. The van der Waals surface area contributed by atoms with Gasteiger partial charge in [-0.25, -0.2) is 15.0 Å². The van der Waals surface area contributed by atoms with Gasteiger partial charge in [-0.2, -0.15) is 0 Å². The number of hydrogen-bond acceptors (Lipinski definition) is 6. The zero-order chi connectivity index (χ0) is 22.3. The van der Waals surface area contributed by atoms with Crippen molar-refractivity contribution < 1.29 is 4.79 Å². The highest BCUT2D eigenvalue weighted by Crippen LogP contribution is 2.34. The number of fused-ring (bicyclic) bond motifs is 2. The van der Waals surface area contributed by atoms with Gasteiger partial charge >= 0.3 is 0 Å². The molecule has 5 rings (SSSR count). The van der Waals surface area contributed by atoms with Crippen LogP contribution >= 0.6 is 0 Å². The van der Waals surface area contributed by atoms with Crippen LogP contribution in [0.1, 0.15) is 42.4 Å². The summed E-state index contributed by atoms with van der Waals surface area (Å²) in [5.41, 5.74) is 1.14. The Morgan fingerprint density at radius 2 is 1.91 bits per heavy atom. The SMILES string of the molecule is CC1(C)NCn2c(nc(-c3ccncn3)cc2=O)C1CC(=O)c1ccc2ccccc2c1. The molecule has 2 aromatic heterocycles. The van der Waals surface area contributed by atoms with Gasteiger partial charge in [0, 0.05) is 35.7 Å². The topological polar surface area (TPSA) is 89.8 Å². The molecule has 3 heterocycles. The summed E-state index contributed by atoms with van der Waals surface area (Å²) >= 11 is 0. The van der Waals surface area contributed by atoms with Gasteiger partial charge in [-0.15, -0.1) is 0 Å². The van der Waals surface area contributed by atoms with Crippen molar-refractivity contribution in [3.05, 3.63) is 88.9 Å². The highest BCUT2D eigenvalue weighted by molar-refractivity contribution is 6.00. The van der Waals surface area contributed by atoms with Crippen LogP contribution in [0.4, 0.5) is 0 Å². The number of nitrogens with one attached hydrogen (secondary N) is 1. The Balaban J connectivity index is 1.55. The molecule has 0 bridgehead atoms. The molecule has 1 aliphatic rings. The van der Waals surface area contributed by atoms with Gasteiger partial charge in [0.1, 0.15) is 12.2 Å². The van der Waals surface area contributed by atoms with Gasteiger partial charge in [0.05, 0.1) is 18.1 Å². The van der Waals surface area contributed by atoms with Crippen LogP contribution in [0, 0.1) is 0 Å². The smallest absolute Gasteiger partial charge is 0.255 e. The maximum absolute atomic E-state index is 13.3. The number of carbonyl (C=O) groups is 1. The van der Waals surface area contributed by atoms with E-state index in [1.165, 1.54) is 12.4 Å². The lowest BCUT2D eigenvalue weighted by Gasteiger charge is -2.40. The fourth-order valence-electron chi connectivity index (χ4n) is 4.26. The molecule has 7 nitrogen and oxygen atoms in total. The first-order valence-electron chi connectivity index (χ1n) is 10.6. The number of nitrogens with zero attached hydrogens (tertiary/aromatic N) is 4. The van der Waals surface area contributed by atoms with Crippen molar-refractivity contribution in [1.82, 2.24) is 24.8 Å². The molecule has 0 saturated heterocycles. The van der Waals surface area contributed by atoms with Gasteiger partial charge in [-0.1, -0.05) is 36.4 Å². The normalized spacial score (nSPS) is 17.1. The van der Waals surface area contributed by atoms with Crippen LogP contribution in [0.2, 0.25) is 0 Å². The Hall–Kier alpha value is -3.71. The summed E-state index contributed by atoms with van der Waals surface area (Å²) in [6.45, 7) is 4.43. The van der Waals surface area contributed by atoms with Gasteiger partial charge in [0.25, 0.3) is 5.56 Å². The van der Waals surface area contributed by atoms with Gasteiger partial charge < -0.3 is 0 Å². The van der Waals surface area contributed by atoms with Crippen molar-refractivity contribution in [2.75, 3.05) is 0 Å². The fourth-order valence-corrected chi connectivity index (χ4v) is 4.26. The van der Waals surface area contributed by atoms with Gasteiger partial charge in [0.15, 0.2) is 5.78 Å². The third-order valence-corrected chi connectivity index (χ3v) is 6.22. The highest BCUT2D eigenvalue weighted by Gasteiger charge is 2.39. The van der Waals surface area contributed by atoms with Crippen molar-refractivity contribution >= 4 is 16.6 Å². The number of ketones is 1. The second kappa shape index (κ2) is 7.76. The third kappa shape index (κ3) is 3.61. The molecule has 1 N–H and O–H groups in total. The minimum atomic E-state index is -0.420. The van der Waals surface area contributed by atoms with E-state index >= 15 is 0 Å². The summed E-state index contributed by atoms with van der Waals surface area (Å²) in [5, 5.41) is 5.52. The van der Waals surface area contributed by atoms with E-state index in [4.69, 9.17) is 4.98 Å². The van der Waals surface area contributed by atoms with E-state index in [2.05, 4.69) is 15.3 Å². The minimum absolute atomic E-state index is 0.0192. The largest absolute Gasteiger partial charge is 0.294 e. The number of hydrogen-bond donors (Lipinski definition) is 1. The van der Waals surface area contributed by atoms with E-state index in [1.807, 2.05) is 56.3 Å². The molecule has 0 radical (unpaired) electrons. The molecule has 0 spiro atoms. The predicted octanol–water partition coefficient (Wildman–Crippen LogP) is 3.55. The standard InChI is InChI=1S/C25H23N5O2/c1-25(2)19(12-22(31)18-8-7-16-5-3-4-6-17(16)11-18)24-29-21(20-9-10-26-14-27-20)13-23(32)30(24)15-28-25/h3-11,13-14,19,28H,12,15H2,1-2H3. The number of carbonyl (C=O) groups excluding carboxylic acids is 1. The lowest BCUT2D eigenvalue weighted by molar-refractivity contribution is 0.0940. The Labute approximate surface area is 185 Å². The second-order valence-electron chi connectivity index (χ2n) is 8.66. The molecule has 2 aromatic carbocycles. The van der Waals surface area contributed by atoms with Crippen LogP contribution in [0.3, 0.4) is 0 Å². The summed E-state index contributed by atoms with van der Waals surface area (Å²) in [4.78, 5) is 39.2. The lowest BCUT2D eigenvalue weighted by atomic mass is 9.80. The molecule has 0 fully saturated rings. The molecule has 4 aromatic rings. The summed E-state index contributed by atoms with van der Waals surface area (Å²) in [7, 11) is 0. The van der Waals surface area contributed by atoms with Crippen LogP contribution in [0.15, 0.2) is 71.9 Å². The lowest BCUT2D eigenvalue weighted by Crippen LogP contribution is -2.54. The Morgan fingerprint density at radius 1 is 1.09 bits per heavy atom. The average molecular weight is 425 g/mol. The number of rotatable bonds is 4. The van der Waals surface area contributed by atoms with Crippen LogP contribution < -0.4 is 10.9 Å². The Kier molecular flexibility index (Phi) is 4.90. The van der Waals surface area contributed by atoms with Crippen molar-refractivity contribution in [2.45, 2.75) is 38.4 Å². The van der Waals surface area contributed by atoms with Gasteiger partial charge in [-0.3, -0.25) is 19.5 Å². The van der Waals surface area contributed by atoms with Crippen molar-refractivity contribution in [1.29, 1.82) is 0 Å². The molecule has 0 amide bonds. The first-order valence-corrected chi connectivity index (χ1v) is 10.6. The third-order valence-electron chi connectivity index (χ3n) is 6.22. The van der Waals surface area contributed by atoms with E-state index in [9.17, 15) is 9.59 Å². The molecule has 160 valence electrons. The second-order valence-corrected chi connectivity index (χ2v) is 8.66. The molecule has 0 saturated carbocycles. The predicted molar refractivity (Wildman–Crippen MR) is 122 cm³/mol. The molecule has 1 unspecified atom stereocenters. The zero-order valence-electron chi connectivity index (χ0n) is 17.9. The molecule has 1 atom stereocenters. The Morgan fingerprint density at radius 3 is 2.69 bits per heavy atom. The maximum Gasteiger partial charge on any atom is 0.255 e. The maximum atomic E-state index is 13.3. The zero-order valence-corrected chi connectivity index (χ0v) is 17.9. The minimum Gasteiger partial charge on any atom is -0.294 e. The van der Waals surface area contributed by atoms with E-state index in [0.717, 1.165) is 10.8 Å². The molecular formula is C25H23N5O2. The van der Waals surface area contributed by atoms with Crippen molar-refractivity contribution in [3.8, 4) is 11.4 Å². The first-order chi connectivity index (χ1) is 15.4. The molecule has 7 heteroatoms. The molecule has 0 aliphatic carbocycles. The summed E-state index contributed by atoms with van der Waals surface area (Å²) in [6, 6.07) is 16.9. The summed E-state index contributed by atoms with van der Waals surface area (Å²) < 4.78 is 1.61. The van der Waals surface area contributed by atoms with E-state index in [1.54, 1.807) is 16.8 Å². The molecule has 32 heavy (non-hydrogen) atoms. The van der Waals surface area contributed by atoms with E-state index in [0.29, 0.717) is 29.4 Å². The molecular weight excluding hydrogens is 402 g/mol. The molecule has 1 aliphatic heterocycles. The number of benzene rings is 2.